The first kappa shape index (κ1) is 28.6. The number of halogens is 2. The number of nitrogens with zero attached hydrogens (tertiary/aromatic N) is 4. The van der Waals surface area contributed by atoms with Crippen LogP contribution >= 0.6 is 0 Å². The highest BCUT2D eigenvalue weighted by molar-refractivity contribution is 6.00. The maximum Gasteiger partial charge on any atom is 0.349 e. The van der Waals surface area contributed by atoms with Gasteiger partial charge in [-0.3, -0.25) is 4.90 Å². The van der Waals surface area contributed by atoms with Crippen LogP contribution in [0.1, 0.15) is 50.5 Å². The third-order valence-electron chi connectivity index (χ3n) is 10.5. The molecule has 1 aliphatic carbocycles. The second kappa shape index (κ2) is 10.9. The fraction of sp³-hybridized carbons (Fsp3) is 0.500. The number of aryl methyl sites for hydroxylation is 1. The van der Waals surface area contributed by atoms with Gasteiger partial charge in [-0.05, 0) is 62.7 Å². The van der Waals surface area contributed by atoms with Crippen LogP contribution in [0.25, 0.3) is 33.0 Å². The predicted molar refractivity (Wildman–Crippen MR) is 167 cm³/mol. The van der Waals surface area contributed by atoms with E-state index in [4.69, 9.17) is 19.1 Å². The van der Waals surface area contributed by atoms with Crippen LogP contribution < -0.4 is 20.6 Å². The molecule has 8 rings (SSSR count). The number of benzene rings is 2. The van der Waals surface area contributed by atoms with Crippen molar-refractivity contribution in [1.29, 1.82) is 0 Å². The highest BCUT2D eigenvalue weighted by atomic mass is 19.1. The van der Waals surface area contributed by atoms with Gasteiger partial charge in [-0.1, -0.05) is 25.0 Å². The number of anilines is 1. The largest absolute Gasteiger partial charge is 0.508 e. The van der Waals surface area contributed by atoms with Crippen LogP contribution in [-0.2, 0) is 0 Å². The van der Waals surface area contributed by atoms with E-state index in [0.29, 0.717) is 41.8 Å². The van der Waals surface area contributed by atoms with Gasteiger partial charge in [-0.15, -0.1) is 0 Å². The van der Waals surface area contributed by atoms with Gasteiger partial charge < -0.3 is 24.5 Å². The second-order valence-corrected chi connectivity index (χ2v) is 13.2. The highest BCUT2D eigenvalue weighted by Crippen LogP contribution is 2.42. The average molecular weight is 618 g/mol. The maximum absolute atomic E-state index is 15.2. The lowest BCUT2D eigenvalue weighted by atomic mass is 9.87. The smallest absolute Gasteiger partial charge is 0.349 e. The zero-order valence-corrected chi connectivity index (χ0v) is 25.3. The van der Waals surface area contributed by atoms with Gasteiger partial charge in [0.15, 0.2) is 5.82 Å². The molecule has 4 aromatic rings. The molecule has 11 heteroatoms. The van der Waals surface area contributed by atoms with Gasteiger partial charge in [-0.2, -0.15) is 9.97 Å². The van der Waals surface area contributed by atoms with Crippen LogP contribution in [0.2, 0.25) is 0 Å². The number of nitrogens with one attached hydrogen (secondary N) is 1. The number of aromatic hydroxyl groups is 1. The summed E-state index contributed by atoms with van der Waals surface area (Å²) in [4.78, 5) is 28.0. The highest BCUT2D eigenvalue weighted by Gasteiger charge is 2.49. The summed E-state index contributed by atoms with van der Waals surface area (Å²) in [6.45, 7) is 4.68. The lowest BCUT2D eigenvalue weighted by Crippen LogP contribution is -2.59. The van der Waals surface area contributed by atoms with Gasteiger partial charge in [0.2, 0.25) is 0 Å². The Morgan fingerprint density at radius 3 is 2.91 bits per heavy atom. The summed E-state index contributed by atoms with van der Waals surface area (Å²) in [6.07, 6.45) is 5.60. The molecule has 4 fully saturated rings. The van der Waals surface area contributed by atoms with Crippen molar-refractivity contribution in [2.75, 3.05) is 37.7 Å². The Morgan fingerprint density at radius 1 is 1.16 bits per heavy atom. The van der Waals surface area contributed by atoms with Gasteiger partial charge in [0.05, 0.1) is 11.1 Å². The summed E-state index contributed by atoms with van der Waals surface area (Å²) < 4.78 is 42.1. The van der Waals surface area contributed by atoms with Crippen LogP contribution in [0.5, 0.6) is 11.8 Å². The first-order valence-electron chi connectivity index (χ1n) is 16.1. The van der Waals surface area contributed by atoms with Crippen molar-refractivity contribution in [1.82, 2.24) is 20.2 Å². The second-order valence-electron chi connectivity index (χ2n) is 13.2. The number of piperazine rings is 1. The first-order valence-corrected chi connectivity index (χ1v) is 16.1. The molecular formula is C34H37F2N5O4. The van der Waals surface area contributed by atoms with Crippen LogP contribution in [0.4, 0.5) is 14.6 Å². The Kier molecular flexibility index (Phi) is 6.94. The zero-order chi connectivity index (χ0) is 30.9. The molecule has 4 atom stereocenters. The molecule has 9 nitrogen and oxygen atoms in total. The molecule has 0 radical (unpaired) electrons. The predicted octanol–water partition coefficient (Wildman–Crippen LogP) is 5.23. The van der Waals surface area contributed by atoms with E-state index in [9.17, 15) is 14.3 Å². The van der Waals surface area contributed by atoms with E-state index in [-0.39, 0.29) is 52.5 Å². The van der Waals surface area contributed by atoms with Gasteiger partial charge in [0.1, 0.15) is 35.5 Å². The van der Waals surface area contributed by atoms with Crippen molar-refractivity contribution in [3.05, 3.63) is 52.1 Å². The molecule has 0 spiro atoms. The summed E-state index contributed by atoms with van der Waals surface area (Å²) in [6, 6.07) is 8.04. The quantitative estimate of drug-likeness (QED) is 0.312. The average Bonchev–Trinajstić information content (AvgIpc) is 3.56. The SMILES string of the molecule is Cc1c(-c2cc(O)cc3cccc(F)c23)oc(=O)c2c(N3CCNC4CCCCC43)nc(OC[C@@]34CCCN3C[C@H](F)C4)nc12. The molecule has 0 bridgehead atoms. The summed E-state index contributed by atoms with van der Waals surface area (Å²) in [5.74, 6) is 0.0232. The number of ether oxygens (including phenoxy) is 1. The van der Waals surface area contributed by atoms with E-state index in [2.05, 4.69) is 15.1 Å². The number of hydrogen-bond acceptors (Lipinski definition) is 9. The number of rotatable bonds is 5. The Balaban J connectivity index is 1.30. The van der Waals surface area contributed by atoms with Crippen molar-refractivity contribution >= 4 is 27.5 Å². The minimum atomic E-state index is -0.891. The van der Waals surface area contributed by atoms with Gasteiger partial charge in [0.25, 0.3) is 0 Å². The molecule has 4 aliphatic rings. The molecule has 1 saturated carbocycles. The van der Waals surface area contributed by atoms with E-state index in [1.165, 1.54) is 18.2 Å². The van der Waals surface area contributed by atoms with Crippen molar-refractivity contribution in [3.63, 3.8) is 0 Å². The Labute approximate surface area is 259 Å². The lowest BCUT2D eigenvalue weighted by Gasteiger charge is -2.45. The van der Waals surface area contributed by atoms with Crippen LogP contribution in [-0.4, -0.2) is 76.6 Å². The summed E-state index contributed by atoms with van der Waals surface area (Å²) in [5.41, 5.74) is 0.0964. The zero-order valence-electron chi connectivity index (χ0n) is 25.3. The van der Waals surface area contributed by atoms with Gasteiger partial charge >= 0.3 is 11.6 Å². The number of aromatic nitrogens is 2. The molecule has 236 valence electrons. The summed E-state index contributed by atoms with van der Waals surface area (Å²) >= 11 is 0. The number of phenols is 1. The molecule has 3 aliphatic heterocycles. The summed E-state index contributed by atoms with van der Waals surface area (Å²) in [5, 5.41) is 15.2. The van der Waals surface area contributed by atoms with Crippen molar-refractivity contribution in [2.45, 2.75) is 75.7 Å². The number of phenolic OH excluding ortho intramolecular Hbond substituents is 1. The molecule has 3 saturated heterocycles. The first-order chi connectivity index (χ1) is 21.8. The monoisotopic (exact) mass is 617 g/mol. The van der Waals surface area contributed by atoms with E-state index in [1.807, 2.05) is 0 Å². The van der Waals surface area contributed by atoms with Crippen molar-refractivity contribution in [2.24, 2.45) is 0 Å². The number of alkyl halides is 1. The number of fused-ring (bicyclic) bond motifs is 4. The molecule has 2 N–H and O–H groups in total. The summed E-state index contributed by atoms with van der Waals surface area (Å²) in [7, 11) is 0. The van der Waals surface area contributed by atoms with Gasteiger partial charge in [0, 0.05) is 54.7 Å². The fourth-order valence-corrected chi connectivity index (χ4v) is 8.46. The molecular weight excluding hydrogens is 580 g/mol. The Bertz CT molecular complexity index is 1860. The van der Waals surface area contributed by atoms with Crippen LogP contribution in [0.3, 0.4) is 0 Å². The molecule has 0 amide bonds. The Morgan fingerprint density at radius 2 is 2.02 bits per heavy atom. The topological polar surface area (TPSA) is 104 Å². The molecule has 2 aromatic carbocycles. The minimum absolute atomic E-state index is 0.0788. The maximum atomic E-state index is 15.2. The van der Waals surface area contributed by atoms with E-state index in [0.717, 1.165) is 51.6 Å². The third kappa shape index (κ3) is 4.74. The lowest BCUT2D eigenvalue weighted by molar-refractivity contribution is 0.107. The van der Waals surface area contributed by atoms with E-state index >= 15 is 4.39 Å². The fourth-order valence-electron chi connectivity index (χ4n) is 8.46. The van der Waals surface area contributed by atoms with Crippen LogP contribution in [0, 0.1) is 12.7 Å². The van der Waals surface area contributed by atoms with Gasteiger partial charge in [-0.25, -0.2) is 13.6 Å². The third-order valence-corrected chi connectivity index (χ3v) is 10.5. The molecule has 5 heterocycles. The molecule has 2 unspecified atom stereocenters. The number of hydrogen-bond donors (Lipinski definition) is 2. The standard InChI is InChI=1S/C34H37F2N5O4/c1-19-29-28(32(43)45-30(19)23-15-22(42)14-20-6-4-7-24(36)27(20)23)31(41-13-11-37-25-8-2-3-9-26(25)41)39-33(38-29)44-18-34-10-5-12-40(34)17-21(35)16-34/h4,6-7,14-15,21,25-26,37,42H,2-3,5,8-13,16-18H2,1H3/t21-,25?,26?,34+/m1/s1. The van der Waals surface area contributed by atoms with E-state index < -0.39 is 23.2 Å². The van der Waals surface area contributed by atoms with Crippen molar-refractivity contribution < 1.29 is 23.0 Å². The minimum Gasteiger partial charge on any atom is -0.508 e. The van der Waals surface area contributed by atoms with Crippen LogP contribution in [0.15, 0.2) is 39.5 Å². The molecule has 2 aromatic heterocycles. The normalized spacial score (nSPS) is 26.8. The Hall–Kier alpha value is -3.83. The van der Waals surface area contributed by atoms with Crippen molar-refractivity contribution in [3.8, 4) is 23.1 Å². The van der Waals surface area contributed by atoms with E-state index in [1.54, 1.807) is 19.1 Å². The molecule has 45 heavy (non-hydrogen) atoms.